The lowest BCUT2D eigenvalue weighted by molar-refractivity contribution is -0.195. The second-order valence-electron chi connectivity index (χ2n) is 24.3. The van der Waals surface area contributed by atoms with Crippen LogP contribution >= 0.6 is 0 Å². The van der Waals surface area contributed by atoms with Crippen LogP contribution in [0.4, 0.5) is 0 Å². The van der Waals surface area contributed by atoms with E-state index in [9.17, 15) is 9.90 Å². The monoisotopic (exact) mass is 759 g/mol. The highest BCUT2D eigenvalue weighted by molar-refractivity contribution is 5.79. The average Bonchev–Trinajstić information content (AvgIpc) is 2.87. The van der Waals surface area contributed by atoms with Crippen LogP contribution in [-0.4, -0.2) is 67.5 Å². The number of carbonyl (C=O) groups is 2. The summed E-state index contributed by atoms with van der Waals surface area (Å²) in [7, 11) is 0. The van der Waals surface area contributed by atoms with Crippen molar-refractivity contribution in [3.05, 3.63) is 0 Å². The van der Waals surface area contributed by atoms with Crippen LogP contribution in [0.3, 0.4) is 0 Å². The van der Waals surface area contributed by atoms with Gasteiger partial charge in [0.2, 0.25) is 0 Å². The van der Waals surface area contributed by atoms with E-state index in [1.165, 1.54) is 0 Å². The van der Waals surface area contributed by atoms with Gasteiger partial charge in [0.15, 0.2) is 0 Å². The van der Waals surface area contributed by atoms with Crippen LogP contribution in [-0.2, 0) is 14.3 Å². The Kier molecular flexibility index (Phi) is 13.1. The summed E-state index contributed by atoms with van der Waals surface area (Å²) in [4.78, 5) is 27.9. The SMILES string of the molecule is CC1(C)CC(OC(=O)C(C2CC(C)(C)NC(C)(C)C2)(C2CC(C)(C)NC(C)(C)C2)C(CCCCCCC(=O)O)C2CC(C)(C)NC(C)(C)C2)CC(C)(C)N1. The van der Waals surface area contributed by atoms with Crippen molar-refractivity contribution in [3.8, 4) is 0 Å². The number of esters is 1. The molecule has 1 atom stereocenters. The van der Waals surface area contributed by atoms with E-state index in [4.69, 9.17) is 4.74 Å². The number of piperidine rings is 4. The molecule has 0 aromatic carbocycles. The van der Waals surface area contributed by atoms with Crippen molar-refractivity contribution in [2.75, 3.05) is 0 Å². The predicted octanol–water partition coefficient (Wildman–Crippen LogP) is 9.54. The minimum Gasteiger partial charge on any atom is -0.481 e. The van der Waals surface area contributed by atoms with E-state index in [0.717, 1.165) is 77.0 Å². The Labute approximate surface area is 332 Å². The first-order valence-corrected chi connectivity index (χ1v) is 21.9. The third kappa shape index (κ3) is 11.7. The van der Waals surface area contributed by atoms with Crippen molar-refractivity contribution in [2.45, 2.75) is 251 Å². The molecule has 314 valence electrons. The highest BCUT2D eigenvalue weighted by Crippen LogP contribution is 2.61. The third-order valence-corrected chi connectivity index (χ3v) is 13.6. The van der Waals surface area contributed by atoms with Crippen molar-refractivity contribution in [1.82, 2.24) is 21.3 Å². The average molecular weight is 759 g/mol. The van der Waals surface area contributed by atoms with Crippen LogP contribution < -0.4 is 21.3 Å². The summed E-state index contributed by atoms with van der Waals surface area (Å²) in [6.45, 7) is 37.2. The Bertz CT molecular complexity index is 1230. The maximum absolute atomic E-state index is 16.5. The number of carboxylic acid groups (broad SMARTS) is 1. The Morgan fingerprint density at radius 1 is 0.537 bits per heavy atom. The molecule has 0 amide bonds. The van der Waals surface area contributed by atoms with Crippen LogP contribution in [0.15, 0.2) is 0 Å². The van der Waals surface area contributed by atoms with E-state index in [-0.39, 0.29) is 80.6 Å². The van der Waals surface area contributed by atoms with E-state index in [2.05, 4.69) is 132 Å². The van der Waals surface area contributed by atoms with Gasteiger partial charge in [0.1, 0.15) is 6.10 Å². The predicted molar refractivity (Wildman–Crippen MR) is 224 cm³/mol. The van der Waals surface area contributed by atoms with E-state index in [0.29, 0.717) is 12.3 Å². The Morgan fingerprint density at radius 2 is 0.870 bits per heavy atom. The molecular weight excluding hydrogens is 673 g/mol. The van der Waals surface area contributed by atoms with Gasteiger partial charge in [-0.3, -0.25) is 9.59 Å². The molecular formula is C46H86N4O4. The fourth-order valence-corrected chi connectivity index (χ4v) is 13.9. The number of ether oxygens (including phenoxy) is 1. The maximum atomic E-state index is 16.5. The molecule has 0 saturated carbocycles. The van der Waals surface area contributed by atoms with Gasteiger partial charge < -0.3 is 31.1 Å². The first kappa shape index (κ1) is 45.5. The number of rotatable bonds is 13. The number of nitrogens with one attached hydrogen (secondary N) is 4. The normalized spacial score (nSPS) is 28.6. The molecule has 4 heterocycles. The van der Waals surface area contributed by atoms with Gasteiger partial charge in [-0.1, -0.05) is 19.3 Å². The van der Waals surface area contributed by atoms with E-state index < -0.39 is 11.4 Å². The molecule has 8 heteroatoms. The lowest BCUT2D eigenvalue weighted by Crippen LogP contribution is -2.69. The van der Waals surface area contributed by atoms with Crippen LogP contribution in [0.5, 0.6) is 0 Å². The van der Waals surface area contributed by atoms with E-state index in [1.54, 1.807) is 0 Å². The fourth-order valence-electron chi connectivity index (χ4n) is 13.9. The van der Waals surface area contributed by atoms with Gasteiger partial charge in [-0.25, -0.2) is 0 Å². The van der Waals surface area contributed by atoms with Gasteiger partial charge in [0.25, 0.3) is 0 Å². The summed E-state index contributed by atoms with van der Waals surface area (Å²) in [5.74, 6) is 0.0650. The van der Waals surface area contributed by atoms with Crippen LogP contribution in [0.2, 0.25) is 0 Å². The molecule has 4 aliphatic heterocycles. The van der Waals surface area contributed by atoms with E-state index >= 15 is 4.79 Å². The fraction of sp³-hybridized carbons (Fsp3) is 0.957. The molecule has 4 rings (SSSR count). The second kappa shape index (κ2) is 15.5. The van der Waals surface area contributed by atoms with Crippen molar-refractivity contribution >= 4 is 11.9 Å². The number of hydrogen-bond acceptors (Lipinski definition) is 7. The van der Waals surface area contributed by atoms with Gasteiger partial charge in [-0.2, -0.15) is 0 Å². The molecule has 0 aromatic rings. The molecule has 0 aromatic heterocycles. The Morgan fingerprint density at radius 3 is 1.24 bits per heavy atom. The standard InChI is InChI=1S/C46H86N4O4/c1-38(2)23-31(24-39(3,4)47-38)35(21-19-17-18-20-22-36(51)52)46(32-25-40(5,6)48-41(7,8)26-32,33-27-42(9,10)49-43(11,12)28-33)37(53)54-34-29-44(13,14)50-45(15,16)30-34/h31-35,47-50H,17-30H2,1-16H3,(H,51,52). The van der Waals surface area contributed by atoms with Gasteiger partial charge in [-0.15, -0.1) is 0 Å². The summed E-state index contributed by atoms with van der Waals surface area (Å²) >= 11 is 0. The largest absolute Gasteiger partial charge is 0.481 e. The first-order valence-electron chi connectivity index (χ1n) is 21.9. The van der Waals surface area contributed by atoms with Crippen LogP contribution in [0, 0.1) is 29.1 Å². The third-order valence-electron chi connectivity index (χ3n) is 13.6. The highest BCUT2D eigenvalue weighted by atomic mass is 16.5. The number of carbonyl (C=O) groups excluding carboxylic acids is 1. The lowest BCUT2D eigenvalue weighted by atomic mass is 9.46. The number of unbranched alkanes of at least 4 members (excludes halogenated alkanes) is 3. The van der Waals surface area contributed by atoms with Gasteiger partial charge >= 0.3 is 11.9 Å². The summed E-state index contributed by atoms with van der Waals surface area (Å²) in [5, 5.41) is 25.2. The number of carboxylic acids is 1. The number of aliphatic carboxylic acids is 1. The quantitative estimate of drug-likeness (QED) is 0.0934. The zero-order valence-corrected chi connectivity index (χ0v) is 38.0. The molecule has 8 nitrogen and oxygen atoms in total. The minimum absolute atomic E-state index is 0.0722. The zero-order chi connectivity index (χ0) is 41.0. The van der Waals surface area contributed by atoms with E-state index in [1.807, 2.05) is 0 Å². The minimum atomic E-state index is -0.717. The summed E-state index contributed by atoms with van der Waals surface area (Å²) < 4.78 is 7.25. The molecule has 0 bridgehead atoms. The molecule has 0 aliphatic carbocycles. The van der Waals surface area contributed by atoms with Gasteiger partial charge in [0.05, 0.1) is 5.41 Å². The molecule has 4 saturated heterocycles. The van der Waals surface area contributed by atoms with Gasteiger partial charge in [-0.05, 0) is 186 Å². The summed E-state index contributed by atoms with van der Waals surface area (Å²) in [6.07, 6.45) is 11.9. The first-order chi connectivity index (χ1) is 24.3. The zero-order valence-electron chi connectivity index (χ0n) is 38.0. The van der Waals surface area contributed by atoms with Crippen molar-refractivity contribution in [2.24, 2.45) is 29.1 Å². The molecule has 0 spiro atoms. The van der Waals surface area contributed by atoms with Crippen molar-refractivity contribution in [1.29, 1.82) is 0 Å². The van der Waals surface area contributed by atoms with Crippen molar-refractivity contribution in [3.63, 3.8) is 0 Å². The molecule has 0 radical (unpaired) electrons. The Hall–Kier alpha value is -1.22. The summed E-state index contributed by atoms with van der Waals surface area (Å²) in [5.41, 5.74) is -1.76. The lowest BCUT2D eigenvalue weighted by Gasteiger charge is -2.62. The molecule has 1 unspecified atom stereocenters. The molecule has 5 N–H and O–H groups in total. The molecule has 4 aliphatic rings. The molecule has 54 heavy (non-hydrogen) atoms. The summed E-state index contributed by atoms with van der Waals surface area (Å²) in [6, 6.07) is 0. The highest BCUT2D eigenvalue weighted by Gasteiger charge is 2.64. The maximum Gasteiger partial charge on any atom is 0.313 e. The van der Waals surface area contributed by atoms with Crippen molar-refractivity contribution < 1.29 is 19.4 Å². The van der Waals surface area contributed by atoms with Gasteiger partial charge in [0, 0.05) is 63.6 Å². The Balaban J connectivity index is 1.99. The second-order valence-corrected chi connectivity index (χ2v) is 24.3. The molecule has 4 fully saturated rings. The van der Waals surface area contributed by atoms with Crippen LogP contribution in [0.1, 0.15) is 201 Å². The topological polar surface area (TPSA) is 112 Å². The smallest absolute Gasteiger partial charge is 0.313 e. The van der Waals surface area contributed by atoms with Crippen LogP contribution in [0.25, 0.3) is 0 Å². The number of hydrogen-bond donors (Lipinski definition) is 5.